The first-order chi connectivity index (χ1) is 7.66. The molecule has 0 aromatic rings. The topological polar surface area (TPSA) is 36.9 Å². The molecule has 94 valence electrons. The summed E-state index contributed by atoms with van der Waals surface area (Å²) in [6.45, 7) is 6.08. The fourth-order valence-electron chi connectivity index (χ4n) is 2.08. The van der Waals surface area contributed by atoms with Crippen LogP contribution in [0.2, 0.25) is 0 Å². The molecule has 2 rings (SSSR count). The largest absolute Gasteiger partial charge is 0.353 e. The van der Waals surface area contributed by atoms with E-state index in [-0.39, 0.29) is 12.4 Å². The fraction of sp³-hybridized carbons (Fsp3) is 1.00. The Labute approximate surface area is 97.2 Å². The fourth-order valence-corrected chi connectivity index (χ4v) is 2.08. The molecule has 2 aliphatic rings. The van der Waals surface area contributed by atoms with Crippen LogP contribution in [0, 0.1) is 0 Å². The van der Waals surface area contributed by atoms with Gasteiger partial charge < -0.3 is 18.9 Å². The Morgan fingerprint density at radius 1 is 1.31 bits per heavy atom. The molecule has 0 aromatic carbocycles. The maximum Gasteiger partial charge on any atom is 0.163 e. The van der Waals surface area contributed by atoms with E-state index in [1.807, 2.05) is 13.8 Å². The highest BCUT2D eigenvalue weighted by molar-refractivity contribution is 4.70. The summed E-state index contributed by atoms with van der Waals surface area (Å²) in [5.41, 5.74) is 0. The van der Waals surface area contributed by atoms with Crippen LogP contribution < -0.4 is 0 Å². The molecule has 0 amide bonds. The molecular weight excluding hydrogens is 208 g/mol. The minimum absolute atomic E-state index is 0.00378. The minimum Gasteiger partial charge on any atom is -0.353 e. The summed E-state index contributed by atoms with van der Waals surface area (Å²) in [7, 11) is 0. The highest BCUT2D eigenvalue weighted by Crippen LogP contribution is 2.24. The van der Waals surface area contributed by atoms with Gasteiger partial charge in [-0.1, -0.05) is 0 Å². The predicted octanol–water partition coefficient (Wildman–Crippen LogP) is 2.07. The summed E-state index contributed by atoms with van der Waals surface area (Å²) < 4.78 is 22.3. The third-order valence-corrected chi connectivity index (χ3v) is 2.95. The van der Waals surface area contributed by atoms with Crippen molar-refractivity contribution in [1.82, 2.24) is 0 Å². The second-order valence-electron chi connectivity index (χ2n) is 4.91. The molecule has 2 aliphatic heterocycles. The molecule has 2 heterocycles. The molecule has 1 unspecified atom stereocenters. The minimum atomic E-state index is -0.425. The standard InChI is InChI=1S/C12H22O4/c1-12(2)15-9-10(16-12)6-8-14-11-5-3-4-7-13-11/h10-11H,3-9H2,1-2H3/t10-,11?/m1/s1. The van der Waals surface area contributed by atoms with Crippen molar-refractivity contribution >= 4 is 0 Å². The molecule has 0 aliphatic carbocycles. The summed E-state index contributed by atoms with van der Waals surface area (Å²) >= 11 is 0. The summed E-state index contributed by atoms with van der Waals surface area (Å²) in [6, 6.07) is 0. The Morgan fingerprint density at radius 3 is 2.81 bits per heavy atom. The van der Waals surface area contributed by atoms with E-state index in [9.17, 15) is 0 Å². The average molecular weight is 230 g/mol. The second kappa shape index (κ2) is 5.45. The SMILES string of the molecule is CC1(C)OC[C@@H](CCOC2CCCCO2)O1. The van der Waals surface area contributed by atoms with Crippen molar-refractivity contribution in [2.45, 2.75) is 57.7 Å². The first kappa shape index (κ1) is 12.3. The Kier molecular flexibility index (Phi) is 4.19. The molecule has 0 spiro atoms. The molecule has 4 heteroatoms. The van der Waals surface area contributed by atoms with Gasteiger partial charge in [-0.2, -0.15) is 0 Å². The molecule has 0 radical (unpaired) electrons. The zero-order valence-corrected chi connectivity index (χ0v) is 10.2. The Balaban J connectivity index is 1.58. The zero-order chi connectivity index (χ0) is 11.4. The molecule has 0 saturated carbocycles. The van der Waals surface area contributed by atoms with Crippen molar-refractivity contribution in [3.8, 4) is 0 Å². The van der Waals surface area contributed by atoms with Gasteiger partial charge in [-0.25, -0.2) is 0 Å². The maximum absolute atomic E-state index is 5.70. The smallest absolute Gasteiger partial charge is 0.163 e. The van der Waals surface area contributed by atoms with Crippen LogP contribution in [0.5, 0.6) is 0 Å². The molecule has 2 fully saturated rings. The Bertz CT molecular complexity index is 211. The van der Waals surface area contributed by atoms with E-state index in [2.05, 4.69) is 0 Å². The van der Waals surface area contributed by atoms with Crippen LogP contribution >= 0.6 is 0 Å². The lowest BCUT2D eigenvalue weighted by atomic mass is 10.2. The number of hydrogen-bond donors (Lipinski definition) is 0. The summed E-state index contributed by atoms with van der Waals surface area (Å²) in [4.78, 5) is 0. The van der Waals surface area contributed by atoms with Gasteiger partial charge in [0, 0.05) is 6.61 Å². The number of rotatable bonds is 4. The third-order valence-electron chi connectivity index (χ3n) is 2.95. The molecule has 0 aromatic heterocycles. The van der Waals surface area contributed by atoms with E-state index in [4.69, 9.17) is 18.9 Å². The second-order valence-corrected chi connectivity index (χ2v) is 4.91. The van der Waals surface area contributed by atoms with Crippen molar-refractivity contribution in [3.63, 3.8) is 0 Å². The highest BCUT2D eigenvalue weighted by atomic mass is 16.7. The van der Waals surface area contributed by atoms with Crippen LogP contribution in [-0.2, 0) is 18.9 Å². The summed E-state index contributed by atoms with van der Waals surface area (Å²) in [6.07, 6.45) is 4.44. The predicted molar refractivity (Wildman–Crippen MR) is 59.1 cm³/mol. The lowest BCUT2D eigenvalue weighted by molar-refractivity contribution is -0.170. The van der Waals surface area contributed by atoms with E-state index < -0.39 is 5.79 Å². The quantitative estimate of drug-likeness (QED) is 0.741. The summed E-state index contributed by atoms with van der Waals surface area (Å²) in [5, 5.41) is 0. The van der Waals surface area contributed by atoms with Crippen LogP contribution in [-0.4, -0.2) is 38.0 Å². The van der Waals surface area contributed by atoms with E-state index in [0.29, 0.717) is 13.2 Å². The van der Waals surface area contributed by atoms with Crippen LogP contribution in [0.15, 0.2) is 0 Å². The zero-order valence-electron chi connectivity index (χ0n) is 10.2. The van der Waals surface area contributed by atoms with Crippen LogP contribution in [0.25, 0.3) is 0 Å². The molecule has 2 atom stereocenters. The van der Waals surface area contributed by atoms with Gasteiger partial charge >= 0.3 is 0 Å². The molecule has 16 heavy (non-hydrogen) atoms. The number of hydrogen-bond acceptors (Lipinski definition) is 4. The van der Waals surface area contributed by atoms with Gasteiger partial charge in [-0.3, -0.25) is 0 Å². The lowest BCUT2D eigenvalue weighted by Crippen LogP contribution is -2.25. The van der Waals surface area contributed by atoms with Gasteiger partial charge in [0.25, 0.3) is 0 Å². The van der Waals surface area contributed by atoms with Crippen LogP contribution in [0.1, 0.15) is 39.5 Å². The molecule has 4 nitrogen and oxygen atoms in total. The normalized spacial score (nSPS) is 34.1. The van der Waals surface area contributed by atoms with Gasteiger partial charge in [-0.15, -0.1) is 0 Å². The summed E-state index contributed by atoms with van der Waals surface area (Å²) in [5.74, 6) is -0.425. The maximum atomic E-state index is 5.70. The number of ether oxygens (including phenoxy) is 4. The van der Waals surface area contributed by atoms with Crippen molar-refractivity contribution in [1.29, 1.82) is 0 Å². The van der Waals surface area contributed by atoms with Gasteiger partial charge in [0.15, 0.2) is 12.1 Å². The van der Waals surface area contributed by atoms with Gasteiger partial charge in [0.1, 0.15) is 0 Å². The van der Waals surface area contributed by atoms with Crippen LogP contribution in [0.4, 0.5) is 0 Å². The Morgan fingerprint density at radius 2 is 2.19 bits per heavy atom. The van der Waals surface area contributed by atoms with E-state index >= 15 is 0 Å². The van der Waals surface area contributed by atoms with Gasteiger partial charge in [0.05, 0.1) is 19.3 Å². The Hall–Kier alpha value is -0.160. The third kappa shape index (κ3) is 3.70. The van der Waals surface area contributed by atoms with Crippen molar-refractivity contribution in [2.24, 2.45) is 0 Å². The first-order valence-electron chi connectivity index (χ1n) is 6.21. The van der Waals surface area contributed by atoms with Crippen LogP contribution in [0.3, 0.4) is 0 Å². The highest BCUT2D eigenvalue weighted by Gasteiger charge is 2.32. The van der Waals surface area contributed by atoms with E-state index in [0.717, 1.165) is 25.9 Å². The van der Waals surface area contributed by atoms with E-state index in [1.165, 1.54) is 6.42 Å². The molecule has 0 bridgehead atoms. The van der Waals surface area contributed by atoms with Crippen molar-refractivity contribution in [2.75, 3.05) is 19.8 Å². The monoisotopic (exact) mass is 230 g/mol. The average Bonchev–Trinajstić information content (AvgIpc) is 2.60. The van der Waals surface area contributed by atoms with Gasteiger partial charge in [0.2, 0.25) is 0 Å². The van der Waals surface area contributed by atoms with Crippen molar-refractivity contribution in [3.05, 3.63) is 0 Å². The van der Waals surface area contributed by atoms with Crippen molar-refractivity contribution < 1.29 is 18.9 Å². The van der Waals surface area contributed by atoms with Gasteiger partial charge in [-0.05, 0) is 39.5 Å². The lowest BCUT2D eigenvalue weighted by Gasteiger charge is -2.23. The molecular formula is C12H22O4. The molecule has 0 N–H and O–H groups in total. The molecule has 2 saturated heterocycles. The van der Waals surface area contributed by atoms with E-state index in [1.54, 1.807) is 0 Å². The first-order valence-corrected chi connectivity index (χ1v) is 6.21.